The molecule has 4 aromatic heterocycles. The quantitative estimate of drug-likeness (QED) is 0.174. The third-order valence-electron chi connectivity index (χ3n) is 6.94. The average Bonchev–Trinajstić information content (AvgIpc) is 3.59. The Morgan fingerprint density at radius 1 is 0.705 bits per heavy atom. The van der Waals surface area contributed by atoms with Crippen LogP contribution in [0.5, 0.6) is 11.5 Å². The van der Waals surface area contributed by atoms with Gasteiger partial charge in [-0.2, -0.15) is 0 Å². The zero-order valence-electron chi connectivity index (χ0n) is 24.7. The topological polar surface area (TPSA) is 75.8 Å². The summed E-state index contributed by atoms with van der Waals surface area (Å²) in [6.45, 7) is 8.88. The summed E-state index contributed by atoms with van der Waals surface area (Å²) in [6, 6.07) is 15.7. The molecule has 6 rings (SSSR count). The van der Waals surface area contributed by atoms with Crippen LogP contribution in [0.3, 0.4) is 0 Å². The minimum absolute atomic E-state index is 0.167. The van der Waals surface area contributed by atoms with E-state index >= 15 is 0 Å². The van der Waals surface area contributed by atoms with Gasteiger partial charge in [0, 0.05) is 63.3 Å². The molecule has 0 unspecified atom stereocenters. The SMILES string of the molecule is CC(C)c1cc2cc(Cl)c(OCc3cc(F)ccn3)cc2[nH]1.CC(C)c1cc2cc(Cl)c(OCc3cncc(F)c3)cc2[nH]1. The van der Waals surface area contributed by atoms with E-state index < -0.39 is 0 Å². The molecule has 0 bridgehead atoms. The maximum Gasteiger partial charge on any atom is 0.141 e. The van der Waals surface area contributed by atoms with Gasteiger partial charge in [0.1, 0.15) is 36.3 Å². The van der Waals surface area contributed by atoms with Gasteiger partial charge in [0.15, 0.2) is 0 Å². The van der Waals surface area contributed by atoms with Crippen LogP contribution >= 0.6 is 23.2 Å². The number of rotatable bonds is 8. The van der Waals surface area contributed by atoms with Gasteiger partial charge >= 0.3 is 0 Å². The minimum atomic E-state index is -0.381. The maximum atomic E-state index is 13.1. The molecule has 0 aliphatic rings. The Kier molecular flexibility index (Phi) is 9.71. The second-order valence-corrected chi connectivity index (χ2v) is 11.9. The summed E-state index contributed by atoms with van der Waals surface area (Å²) in [5.41, 5.74) is 5.42. The molecular formula is C34H32Cl2F2N4O2. The van der Waals surface area contributed by atoms with Gasteiger partial charge in [-0.3, -0.25) is 9.97 Å². The molecule has 6 aromatic rings. The molecule has 0 atom stereocenters. The highest BCUT2D eigenvalue weighted by atomic mass is 35.5. The van der Waals surface area contributed by atoms with Gasteiger partial charge in [0.05, 0.1) is 21.9 Å². The summed E-state index contributed by atoms with van der Waals surface area (Å²) in [4.78, 5) is 14.6. The van der Waals surface area contributed by atoms with Gasteiger partial charge < -0.3 is 19.4 Å². The van der Waals surface area contributed by atoms with Crippen molar-refractivity contribution in [2.24, 2.45) is 0 Å². The van der Waals surface area contributed by atoms with E-state index in [0.29, 0.717) is 44.6 Å². The number of halogens is 4. The average molecular weight is 638 g/mol. The number of aromatic amines is 2. The molecule has 0 aliphatic heterocycles. The number of nitrogens with one attached hydrogen (secondary N) is 2. The van der Waals surface area contributed by atoms with Gasteiger partial charge in [0.2, 0.25) is 0 Å². The molecule has 44 heavy (non-hydrogen) atoms. The predicted molar refractivity (Wildman–Crippen MR) is 172 cm³/mol. The number of hydrogen-bond donors (Lipinski definition) is 2. The molecule has 0 fully saturated rings. The zero-order valence-corrected chi connectivity index (χ0v) is 26.2. The number of benzene rings is 2. The molecule has 2 N–H and O–H groups in total. The van der Waals surface area contributed by atoms with Crippen molar-refractivity contribution >= 4 is 45.0 Å². The summed E-state index contributed by atoms with van der Waals surface area (Å²) in [6.07, 6.45) is 4.15. The molecule has 2 aromatic carbocycles. The number of aromatic nitrogens is 4. The van der Waals surface area contributed by atoms with Gasteiger partial charge in [0.25, 0.3) is 0 Å². The molecule has 0 saturated carbocycles. The van der Waals surface area contributed by atoms with Crippen molar-refractivity contribution in [3.63, 3.8) is 0 Å². The Balaban J connectivity index is 0.000000175. The summed E-state index contributed by atoms with van der Waals surface area (Å²) in [5, 5.41) is 3.16. The lowest BCUT2D eigenvalue weighted by Gasteiger charge is -2.08. The lowest BCUT2D eigenvalue weighted by atomic mass is 10.1. The summed E-state index contributed by atoms with van der Waals surface area (Å²) >= 11 is 12.5. The smallest absolute Gasteiger partial charge is 0.141 e. The molecule has 0 saturated heterocycles. The summed E-state index contributed by atoms with van der Waals surface area (Å²) < 4.78 is 37.6. The highest BCUT2D eigenvalue weighted by Gasteiger charge is 2.11. The van der Waals surface area contributed by atoms with Crippen LogP contribution in [0.4, 0.5) is 8.78 Å². The minimum Gasteiger partial charge on any atom is -0.487 e. The second-order valence-electron chi connectivity index (χ2n) is 11.1. The van der Waals surface area contributed by atoms with E-state index in [4.69, 9.17) is 32.7 Å². The van der Waals surface area contributed by atoms with Crippen LogP contribution in [0.25, 0.3) is 21.8 Å². The van der Waals surface area contributed by atoms with Gasteiger partial charge in [-0.15, -0.1) is 0 Å². The largest absolute Gasteiger partial charge is 0.487 e. The molecule has 228 valence electrons. The summed E-state index contributed by atoms with van der Waals surface area (Å²) in [5.74, 6) is 1.23. The van der Waals surface area contributed by atoms with Crippen LogP contribution in [0, 0.1) is 11.6 Å². The third kappa shape index (κ3) is 7.68. The molecule has 0 aliphatic carbocycles. The van der Waals surface area contributed by atoms with E-state index in [2.05, 4.69) is 59.8 Å². The van der Waals surface area contributed by atoms with E-state index in [1.165, 1.54) is 24.4 Å². The third-order valence-corrected chi connectivity index (χ3v) is 7.53. The van der Waals surface area contributed by atoms with Crippen molar-refractivity contribution in [3.05, 3.63) is 118 Å². The Labute approximate surface area is 264 Å². The Morgan fingerprint density at radius 3 is 1.80 bits per heavy atom. The normalized spacial score (nSPS) is 11.3. The van der Waals surface area contributed by atoms with E-state index in [-0.39, 0.29) is 24.8 Å². The van der Waals surface area contributed by atoms with Crippen molar-refractivity contribution in [1.29, 1.82) is 0 Å². The number of hydrogen-bond acceptors (Lipinski definition) is 4. The van der Waals surface area contributed by atoms with E-state index in [9.17, 15) is 8.78 Å². The standard InChI is InChI=1S/2C17H16ClFN2O/c1-10(2)15-5-12-4-14(18)17(6-16(12)21-15)22-9-11-3-13(19)8-20-7-11;1-10(2)15-6-11-5-14(18)17(8-16(11)21-15)22-9-13-7-12(19)3-4-20-13/h2*3-8,10,21H,9H2,1-2H3. The fourth-order valence-electron chi connectivity index (χ4n) is 4.53. The highest BCUT2D eigenvalue weighted by Crippen LogP contribution is 2.33. The maximum absolute atomic E-state index is 13.1. The molecule has 10 heteroatoms. The Bertz CT molecular complexity index is 1760. The van der Waals surface area contributed by atoms with Gasteiger partial charge in [-0.05, 0) is 54.3 Å². The van der Waals surface area contributed by atoms with Crippen molar-refractivity contribution in [1.82, 2.24) is 19.9 Å². The van der Waals surface area contributed by atoms with Crippen molar-refractivity contribution in [2.45, 2.75) is 52.7 Å². The highest BCUT2D eigenvalue weighted by molar-refractivity contribution is 6.33. The lowest BCUT2D eigenvalue weighted by molar-refractivity contribution is 0.301. The zero-order chi connectivity index (χ0) is 31.4. The van der Waals surface area contributed by atoms with E-state index in [1.807, 2.05) is 24.3 Å². The van der Waals surface area contributed by atoms with E-state index in [1.54, 1.807) is 6.20 Å². The Hall–Kier alpha value is -4.14. The predicted octanol–water partition coefficient (Wildman–Crippen LogP) is 10.1. The van der Waals surface area contributed by atoms with Crippen LogP contribution in [0.15, 0.2) is 73.2 Å². The first-order valence-electron chi connectivity index (χ1n) is 14.2. The Morgan fingerprint density at radius 2 is 1.27 bits per heavy atom. The van der Waals surface area contributed by atoms with E-state index in [0.717, 1.165) is 39.4 Å². The van der Waals surface area contributed by atoms with Crippen LogP contribution in [-0.2, 0) is 13.2 Å². The molecule has 6 nitrogen and oxygen atoms in total. The second kappa shape index (κ2) is 13.7. The van der Waals surface area contributed by atoms with Crippen LogP contribution in [0.1, 0.15) is 62.2 Å². The number of ether oxygens (including phenoxy) is 2. The summed E-state index contributed by atoms with van der Waals surface area (Å²) in [7, 11) is 0. The van der Waals surface area contributed by atoms with Crippen LogP contribution in [0.2, 0.25) is 10.0 Å². The lowest BCUT2D eigenvalue weighted by Crippen LogP contribution is -1.99. The van der Waals surface area contributed by atoms with Crippen molar-refractivity contribution in [2.75, 3.05) is 0 Å². The first-order chi connectivity index (χ1) is 21.0. The number of pyridine rings is 2. The van der Waals surface area contributed by atoms with Crippen LogP contribution in [-0.4, -0.2) is 19.9 Å². The van der Waals surface area contributed by atoms with Gasteiger partial charge in [-0.1, -0.05) is 50.9 Å². The molecule has 0 radical (unpaired) electrons. The first-order valence-corrected chi connectivity index (χ1v) is 14.9. The van der Waals surface area contributed by atoms with Gasteiger partial charge in [-0.25, -0.2) is 8.78 Å². The molecule has 0 spiro atoms. The van der Waals surface area contributed by atoms with Crippen LogP contribution < -0.4 is 9.47 Å². The van der Waals surface area contributed by atoms with Crippen molar-refractivity contribution in [3.8, 4) is 11.5 Å². The molecule has 0 amide bonds. The fourth-order valence-corrected chi connectivity index (χ4v) is 4.98. The number of H-pyrrole nitrogens is 2. The van der Waals surface area contributed by atoms with Crippen molar-refractivity contribution < 1.29 is 18.3 Å². The monoisotopic (exact) mass is 636 g/mol. The molecule has 4 heterocycles. The first kappa shape index (κ1) is 31.3. The molecular weight excluding hydrogens is 605 g/mol. The fraction of sp³-hybridized carbons (Fsp3) is 0.235. The number of fused-ring (bicyclic) bond motifs is 2. The number of nitrogens with zero attached hydrogens (tertiary/aromatic N) is 2.